The fraction of sp³-hybridized carbons (Fsp3) is 0.600. The third-order valence-corrected chi connectivity index (χ3v) is 3.06. The Morgan fingerprint density at radius 2 is 1.94 bits per heavy atom. The lowest BCUT2D eigenvalue weighted by atomic mass is 9.84. The summed E-state index contributed by atoms with van der Waals surface area (Å²) in [6.45, 7) is 9.54. The van der Waals surface area contributed by atoms with Crippen LogP contribution in [0, 0.1) is 5.92 Å². The van der Waals surface area contributed by atoms with Crippen LogP contribution in [0.1, 0.15) is 38.8 Å². The number of nitrogens with two attached hydrogens (primary N) is 1. The summed E-state index contributed by atoms with van der Waals surface area (Å²) in [6, 6.07) is 6.46. The fourth-order valence-electron chi connectivity index (χ4n) is 1.95. The molecule has 0 saturated heterocycles. The molecule has 0 aliphatic rings. The van der Waals surface area contributed by atoms with Crippen LogP contribution < -0.4 is 10.5 Å². The van der Waals surface area contributed by atoms with Gasteiger partial charge >= 0.3 is 0 Å². The number of hydrogen-bond acceptors (Lipinski definition) is 2. The van der Waals surface area contributed by atoms with Crippen LogP contribution in [0.3, 0.4) is 0 Å². The summed E-state index contributed by atoms with van der Waals surface area (Å²) >= 11 is 0. The highest BCUT2D eigenvalue weighted by molar-refractivity contribution is 5.41. The number of rotatable bonds is 4. The van der Waals surface area contributed by atoms with E-state index in [0.717, 1.165) is 18.7 Å². The highest BCUT2D eigenvalue weighted by atomic mass is 16.5. The quantitative estimate of drug-likeness (QED) is 0.870. The minimum atomic E-state index is 0.104. The molecule has 2 N–H and O–H groups in total. The summed E-state index contributed by atoms with van der Waals surface area (Å²) in [7, 11) is 1.73. The van der Waals surface area contributed by atoms with Crippen molar-refractivity contribution in [3.63, 3.8) is 0 Å². The van der Waals surface area contributed by atoms with E-state index in [4.69, 9.17) is 10.5 Å². The van der Waals surface area contributed by atoms with E-state index in [1.807, 2.05) is 0 Å². The molecular weight excluding hydrogens is 210 g/mol. The number of hydrogen-bond donors (Lipinski definition) is 1. The average Bonchev–Trinajstić information content (AvgIpc) is 2.27. The summed E-state index contributed by atoms with van der Waals surface area (Å²) < 4.78 is 5.43. The molecule has 17 heavy (non-hydrogen) atoms. The Balaban J connectivity index is 3.05. The van der Waals surface area contributed by atoms with Gasteiger partial charge in [0.15, 0.2) is 0 Å². The standard InChI is InChI=1S/C15H25NO/c1-11(10-16)8-12-6-7-14(17-5)13(9-12)15(2,3)4/h6-7,9,11H,8,10,16H2,1-5H3. The molecule has 1 aromatic carbocycles. The van der Waals surface area contributed by atoms with E-state index in [1.54, 1.807) is 7.11 Å². The van der Waals surface area contributed by atoms with Gasteiger partial charge in [-0.1, -0.05) is 39.8 Å². The van der Waals surface area contributed by atoms with Crippen LogP contribution in [-0.2, 0) is 11.8 Å². The lowest BCUT2D eigenvalue weighted by Gasteiger charge is -2.23. The minimum Gasteiger partial charge on any atom is -0.496 e. The second-order valence-corrected chi connectivity index (χ2v) is 5.83. The maximum Gasteiger partial charge on any atom is 0.122 e. The van der Waals surface area contributed by atoms with Crippen molar-refractivity contribution in [2.24, 2.45) is 11.7 Å². The van der Waals surface area contributed by atoms with Crippen molar-refractivity contribution in [1.29, 1.82) is 0 Å². The Morgan fingerprint density at radius 1 is 1.29 bits per heavy atom. The molecule has 0 bridgehead atoms. The molecule has 0 aromatic heterocycles. The molecule has 1 atom stereocenters. The topological polar surface area (TPSA) is 35.2 Å². The van der Waals surface area contributed by atoms with Crippen molar-refractivity contribution in [1.82, 2.24) is 0 Å². The second-order valence-electron chi connectivity index (χ2n) is 5.83. The van der Waals surface area contributed by atoms with Crippen LogP contribution in [0.15, 0.2) is 18.2 Å². The largest absolute Gasteiger partial charge is 0.496 e. The maximum atomic E-state index is 5.68. The number of benzene rings is 1. The molecule has 0 aliphatic heterocycles. The lowest BCUT2D eigenvalue weighted by Crippen LogP contribution is -2.16. The van der Waals surface area contributed by atoms with Gasteiger partial charge in [0.25, 0.3) is 0 Å². The molecule has 1 aromatic rings. The van der Waals surface area contributed by atoms with E-state index < -0.39 is 0 Å². The third-order valence-electron chi connectivity index (χ3n) is 3.06. The van der Waals surface area contributed by atoms with E-state index in [-0.39, 0.29) is 5.41 Å². The predicted molar refractivity (Wildman–Crippen MR) is 73.6 cm³/mol. The first-order chi connectivity index (χ1) is 7.88. The monoisotopic (exact) mass is 235 g/mol. The maximum absolute atomic E-state index is 5.68. The summed E-state index contributed by atoms with van der Waals surface area (Å²) in [5.74, 6) is 1.50. The van der Waals surface area contributed by atoms with Crippen molar-refractivity contribution >= 4 is 0 Å². The zero-order valence-electron chi connectivity index (χ0n) is 11.7. The summed E-state index contributed by atoms with van der Waals surface area (Å²) in [5, 5.41) is 0. The van der Waals surface area contributed by atoms with Crippen LogP contribution in [0.2, 0.25) is 0 Å². The third kappa shape index (κ3) is 3.74. The summed E-state index contributed by atoms with van der Waals surface area (Å²) in [6.07, 6.45) is 1.03. The molecule has 0 amide bonds. The van der Waals surface area contributed by atoms with Crippen LogP contribution in [0.4, 0.5) is 0 Å². The first-order valence-corrected chi connectivity index (χ1v) is 6.26. The van der Waals surface area contributed by atoms with Crippen LogP contribution >= 0.6 is 0 Å². The molecule has 0 saturated carbocycles. The van der Waals surface area contributed by atoms with E-state index in [9.17, 15) is 0 Å². The van der Waals surface area contributed by atoms with E-state index in [1.165, 1.54) is 11.1 Å². The van der Waals surface area contributed by atoms with Crippen molar-refractivity contribution in [3.8, 4) is 5.75 Å². The summed E-state index contributed by atoms with van der Waals surface area (Å²) in [4.78, 5) is 0. The van der Waals surface area contributed by atoms with Gasteiger partial charge in [-0.3, -0.25) is 0 Å². The molecule has 96 valence electrons. The number of ether oxygens (including phenoxy) is 1. The van der Waals surface area contributed by atoms with Crippen LogP contribution in [0.25, 0.3) is 0 Å². The van der Waals surface area contributed by atoms with Gasteiger partial charge in [0.05, 0.1) is 7.11 Å². The molecule has 0 spiro atoms. The lowest BCUT2D eigenvalue weighted by molar-refractivity contribution is 0.397. The van der Waals surface area contributed by atoms with Crippen LogP contribution in [-0.4, -0.2) is 13.7 Å². The van der Waals surface area contributed by atoms with Crippen molar-refractivity contribution < 1.29 is 4.74 Å². The molecule has 0 radical (unpaired) electrons. The average molecular weight is 235 g/mol. The van der Waals surface area contributed by atoms with Gasteiger partial charge in [-0.05, 0) is 41.5 Å². The molecule has 2 heteroatoms. The van der Waals surface area contributed by atoms with Crippen molar-refractivity contribution in [2.75, 3.05) is 13.7 Å². The second kappa shape index (κ2) is 5.54. The smallest absolute Gasteiger partial charge is 0.122 e. The van der Waals surface area contributed by atoms with Gasteiger partial charge in [-0.2, -0.15) is 0 Å². The highest BCUT2D eigenvalue weighted by Crippen LogP contribution is 2.32. The Bertz CT molecular complexity index is 366. The normalized spacial score (nSPS) is 13.5. The van der Waals surface area contributed by atoms with Gasteiger partial charge in [-0.15, -0.1) is 0 Å². The minimum absolute atomic E-state index is 0.104. The summed E-state index contributed by atoms with van der Waals surface area (Å²) in [5.41, 5.74) is 8.39. The van der Waals surface area contributed by atoms with Crippen LogP contribution in [0.5, 0.6) is 5.75 Å². The fourth-order valence-corrected chi connectivity index (χ4v) is 1.95. The Morgan fingerprint density at radius 3 is 2.41 bits per heavy atom. The van der Waals surface area contributed by atoms with Gasteiger partial charge in [0.1, 0.15) is 5.75 Å². The predicted octanol–water partition coefficient (Wildman–Crippen LogP) is 3.13. The van der Waals surface area contributed by atoms with E-state index in [0.29, 0.717) is 5.92 Å². The molecule has 1 unspecified atom stereocenters. The van der Waals surface area contributed by atoms with Gasteiger partial charge in [-0.25, -0.2) is 0 Å². The highest BCUT2D eigenvalue weighted by Gasteiger charge is 2.19. The Hall–Kier alpha value is -1.02. The first kappa shape index (κ1) is 14.0. The molecule has 0 heterocycles. The van der Waals surface area contributed by atoms with Crippen molar-refractivity contribution in [2.45, 2.75) is 39.5 Å². The SMILES string of the molecule is COc1ccc(CC(C)CN)cc1C(C)(C)C. The molecule has 0 aliphatic carbocycles. The zero-order valence-corrected chi connectivity index (χ0v) is 11.7. The Kier molecular flexibility index (Phi) is 4.58. The van der Waals surface area contributed by atoms with Gasteiger partial charge < -0.3 is 10.5 Å². The molecule has 2 nitrogen and oxygen atoms in total. The van der Waals surface area contributed by atoms with Gasteiger partial charge in [0, 0.05) is 0 Å². The van der Waals surface area contributed by atoms with E-state index in [2.05, 4.69) is 45.9 Å². The molecular formula is C15H25NO. The first-order valence-electron chi connectivity index (χ1n) is 6.26. The zero-order chi connectivity index (χ0) is 13.1. The molecule has 0 fully saturated rings. The molecule has 1 rings (SSSR count). The van der Waals surface area contributed by atoms with E-state index >= 15 is 0 Å². The number of methoxy groups -OCH3 is 1. The Labute approximate surface area is 105 Å². The van der Waals surface area contributed by atoms with Gasteiger partial charge in [0.2, 0.25) is 0 Å². The van der Waals surface area contributed by atoms with Crippen molar-refractivity contribution in [3.05, 3.63) is 29.3 Å².